The van der Waals surface area contributed by atoms with Crippen LogP contribution in [-0.4, -0.2) is 0 Å². The standard InChI is InChI=1S/C4H2ClS.ClH.Zn/c5-4-2-1-3-6-4;;/h1-2H;1H;/q;;+1/p-1. The molecule has 0 N–H and O–H groups in total. The minimum atomic E-state index is 0. The molecule has 0 spiro atoms. The molecule has 40 valence electrons. The SMILES string of the molecule is Clc1cc[c]([Zn+])s1.[Cl-]. The van der Waals surface area contributed by atoms with E-state index in [0.717, 1.165) is 4.34 Å². The first-order valence-corrected chi connectivity index (χ1v) is 4.54. The van der Waals surface area contributed by atoms with E-state index in [-0.39, 0.29) is 12.4 Å². The van der Waals surface area contributed by atoms with Crippen LogP contribution >= 0.6 is 22.9 Å². The van der Waals surface area contributed by atoms with Crippen LogP contribution in [0.25, 0.3) is 0 Å². The smallest absolute Gasteiger partial charge is 1.00 e. The fraction of sp³-hybridized carbons (Fsp3) is 0. The molecule has 0 nitrogen and oxygen atoms in total. The molecule has 0 saturated heterocycles. The number of rotatable bonds is 0. The second-order valence-corrected chi connectivity index (χ2v) is 5.68. The molecular formula is C4H2Cl2SZn. The van der Waals surface area contributed by atoms with Crippen molar-refractivity contribution < 1.29 is 30.7 Å². The van der Waals surface area contributed by atoms with Crippen LogP contribution in [0.5, 0.6) is 0 Å². The van der Waals surface area contributed by atoms with Gasteiger partial charge >= 0.3 is 61.2 Å². The topological polar surface area (TPSA) is 0 Å². The average molecular weight is 218 g/mol. The molecule has 1 rings (SSSR count). The van der Waals surface area contributed by atoms with Crippen molar-refractivity contribution >= 4 is 26.4 Å². The van der Waals surface area contributed by atoms with Crippen LogP contribution in [0.3, 0.4) is 0 Å². The maximum absolute atomic E-state index is 5.60. The van der Waals surface area contributed by atoms with E-state index in [1.165, 1.54) is 21.8 Å². The minimum Gasteiger partial charge on any atom is -1.00 e. The Balaban J connectivity index is 0.000000490. The van der Waals surface area contributed by atoms with Crippen molar-refractivity contribution in [1.82, 2.24) is 0 Å². The van der Waals surface area contributed by atoms with Gasteiger partial charge in [0.2, 0.25) is 0 Å². The Labute approximate surface area is 73.3 Å². The Kier molecular flexibility index (Phi) is 4.27. The van der Waals surface area contributed by atoms with Crippen LogP contribution in [0.4, 0.5) is 0 Å². The second-order valence-electron chi connectivity index (χ2n) is 1.21. The van der Waals surface area contributed by atoms with Crippen molar-refractivity contribution in [1.29, 1.82) is 0 Å². The summed E-state index contributed by atoms with van der Waals surface area (Å²) in [5.41, 5.74) is 0. The third-order valence-electron chi connectivity index (χ3n) is 0.629. The van der Waals surface area contributed by atoms with Gasteiger partial charge in [-0.15, -0.1) is 0 Å². The van der Waals surface area contributed by atoms with Gasteiger partial charge in [0.15, 0.2) is 0 Å². The molecule has 1 aromatic rings. The molecule has 4 heteroatoms. The molecule has 0 saturated carbocycles. The predicted octanol–water partition coefficient (Wildman–Crippen LogP) is -1.42. The maximum atomic E-state index is 5.60. The normalized spacial score (nSPS) is 8.38. The summed E-state index contributed by atoms with van der Waals surface area (Å²) in [7, 11) is 0. The molecule has 0 aliphatic heterocycles. The zero-order valence-electron chi connectivity index (χ0n) is 4.03. The molecule has 0 amide bonds. The molecule has 8 heavy (non-hydrogen) atoms. The molecule has 0 aliphatic rings. The quantitative estimate of drug-likeness (QED) is 0.469. The summed E-state index contributed by atoms with van der Waals surface area (Å²) in [6.07, 6.45) is 0. The number of hydrogen-bond donors (Lipinski definition) is 0. The number of halogens is 2. The van der Waals surface area contributed by atoms with Gasteiger partial charge in [-0.25, -0.2) is 0 Å². The first-order valence-electron chi connectivity index (χ1n) is 1.86. The third-order valence-corrected chi connectivity index (χ3v) is 3.12. The van der Waals surface area contributed by atoms with Gasteiger partial charge in [0.05, 0.1) is 0 Å². The van der Waals surface area contributed by atoms with Gasteiger partial charge < -0.3 is 12.4 Å². The van der Waals surface area contributed by atoms with Crippen molar-refractivity contribution in [2.24, 2.45) is 0 Å². The summed E-state index contributed by atoms with van der Waals surface area (Å²) in [6.45, 7) is 0. The van der Waals surface area contributed by atoms with Gasteiger partial charge in [0, 0.05) is 0 Å². The molecule has 1 heterocycles. The Morgan fingerprint density at radius 2 is 2.12 bits per heavy atom. The first-order chi connectivity index (χ1) is 3.29. The summed E-state index contributed by atoms with van der Waals surface area (Å²) in [5, 5.41) is 0. The fourth-order valence-corrected chi connectivity index (χ4v) is 3.04. The van der Waals surface area contributed by atoms with Crippen molar-refractivity contribution in [2.45, 2.75) is 0 Å². The molecular weight excluding hydrogens is 216 g/mol. The molecule has 0 radical (unpaired) electrons. The maximum Gasteiger partial charge on any atom is -1.00 e. The van der Waals surface area contributed by atoms with Gasteiger partial charge in [-0.3, -0.25) is 0 Å². The summed E-state index contributed by atoms with van der Waals surface area (Å²) >= 11 is 8.48. The van der Waals surface area contributed by atoms with E-state index < -0.39 is 0 Å². The van der Waals surface area contributed by atoms with Crippen LogP contribution in [0.2, 0.25) is 4.34 Å². The van der Waals surface area contributed by atoms with Crippen LogP contribution in [-0.2, 0) is 18.3 Å². The molecule has 1 aromatic heterocycles. The Hall–Kier alpha value is 0.903. The van der Waals surface area contributed by atoms with Gasteiger partial charge in [0.25, 0.3) is 0 Å². The van der Waals surface area contributed by atoms with E-state index in [1.807, 2.05) is 6.07 Å². The van der Waals surface area contributed by atoms with Crippen LogP contribution in [0.15, 0.2) is 12.1 Å². The van der Waals surface area contributed by atoms with E-state index in [4.69, 9.17) is 11.6 Å². The zero-order chi connectivity index (χ0) is 5.28. The second kappa shape index (κ2) is 3.84. The first kappa shape index (κ1) is 8.90. The minimum absolute atomic E-state index is 0. The van der Waals surface area contributed by atoms with Crippen molar-refractivity contribution in [3.05, 3.63) is 16.5 Å². The van der Waals surface area contributed by atoms with Crippen LogP contribution in [0.1, 0.15) is 0 Å². The van der Waals surface area contributed by atoms with Crippen molar-refractivity contribution in [3.63, 3.8) is 0 Å². The molecule has 0 unspecified atom stereocenters. The van der Waals surface area contributed by atoms with E-state index in [1.54, 1.807) is 11.3 Å². The molecule has 0 aliphatic carbocycles. The zero-order valence-corrected chi connectivity index (χ0v) is 9.32. The van der Waals surface area contributed by atoms with Crippen molar-refractivity contribution in [3.8, 4) is 0 Å². The van der Waals surface area contributed by atoms with Crippen LogP contribution in [0, 0.1) is 0 Å². The monoisotopic (exact) mass is 216 g/mol. The Bertz CT molecular complexity index is 146. The molecule has 0 fully saturated rings. The summed E-state index contributed by atoms with van der Waals surface area (Å²) in [6, 6.07) is 4.00. The number of thiophene rings is 1. The van der Waals surface area contributed by atoms with E-state index in [2.05, 4.69) is 6.07 Å². The van der Waals surface area contributed by atoms with Gasteiger partial charge in [-0.05, 0) is 0 Å². The molecule has 0 atom stereocenters. The number of hydrogen-bond acceptors (Lipinski definition) is 1. The summed E-state index contributed by atoms with van der Waals surface area (Å²) in [4.78, 5) is 0. The Morgan fingerprint density at radius 3 is 2.25 bits per heavy atom. The van der Waals surface area contributed by atoms with Gasteiger partial charge in [-0.1, -0.05) is 0 Å². The van der Waals surface area contributed by atoms with Crippen molar-refractivity contribution in [2.75, 3.05) is 0 Å². The summed E-state index contributed by atoms with van der Waals surface area (Å²) in [5.74, 6) is 0. The Morgan fingerprint density at radius 1 is 1.50 bits per heavy atom. The van der Waals surface area contributed by atoms with Gasteiger partial charge in [0.1, 0.15) is 0 Å². The molecule has 0 bridgehead atoms. The van der Waals surface area contributed by atoms with Crippen LogP contribution < -0.4 is 15.9 Å². The molecule has 0 aromatic carbocycles. The van der Waals surface area contributed by atoms with E-state index in [9.17, 15) is 0 Å². The summed E-state index contributed by atoms with van der Waals surface area (Å²) < 4.78 is 2.30. The van der Waals surface area contributed by atoms with Gasteiger partial charge in [-0.2, -0.15) is 0 Å². The average Bonchev–Trinajstić information content (AvgIpc) is 1.87. The van der Waals surface area contributed by atoms with E-state index >= 15 is 0 Å². The van der Waals surface area contributed by atoms with E-state index in [0.29, 0.717) is 0 Å². The predicted molar refractivity (Wildman–Crippen MR) is 29.0 cm³/mol. The third kappa shape index (κ3) is 2.45. The largest absolute Gasteiger partial charge is 1.00 e. The fourth-order valence-electron chi connectivity index (χ4n) is 0.352.